The number of nitriles is 1. The number of nitrogens with zero attached hydrogens (tertiary/aromatic N) is 4. The van der Waals surface area contributed by atoms with Crippen molar-refractivity contribution >= 4 is 11.7 Å². The Kier molecular flexibility index (Phi) is 6.21. The highest BCUT2D eigenvalue weighted by atomic mass is 16.5. The molecule has 7 nitrogen and oxygen atoms in total. The summed E-state index contributed by atoms with van der Waals surface area (Å²) in [7, 11) is 0. The summed E-state index contributed by atoms with van der Waals surface area (Å²) in [5.41, 5.74) is 0.358. The Morgan fingerprint density at radius 2 is 2.00 bits per heavy atom. The first-order valence-corrected chi connectivity index (χ1v) is 9.13. The summed E-state index contributed by atoms with van der Waals surface area (Å²) in [6.45, 7) is 3.97. The average Bonchev–Trinajstić information content (AvgIpc) is 2.73. The second-order valence-electron chi connectivity index (χ2n) is 6.59. The van der Waals surface area contributed by atoms with Crippen LogP contribution in [0.3, 0.4) is 0 Å². The number of benzene rings is 1. The molecule has 0 saturated carbocycles. The molecule has 1 aromatic heterocycles. The molecule has 1 N–H and O–H groups in total. The summed E-state index contributed by atoms with van der Waals surface area (Å²) < 4.78 is 5.65. The lowest BCUT2D eigenvalue weighted by Crippen LogP contribution is -2.42. The van der Waals surface area contributed by atoms with Crippen molar-refractivity contribution in [1.29, 1.82) is 5.26 Å². The van der Waals surface area contributed by atoms with Gasteiger partial charge >= 0.3 is 0 Å². The van der Waals surface area contributed by atoms with E-state index in [9.17, 15) is 4.79 Å². The minimum atomic E-state index is -0.537. The summed E-state index contributed by atoms with van der Waals surface area (Å²) in [6, 6.07) is 11.4. The first-order valence-electron chi connectivity index (χ1n) is 9.13. The van der Waals surface area contributed by atoms with Crippen molar-refractivity contribution in [3.8, 4) is 11.8 Å². The van der Waals surface area contributed by atoms with Crippen LogP contribution >= 0.6 is 0 Å². The number of amides is 1. The standard InChI is InChI=1S/C20H23N5O2/c1-15(27-17-5-3-2-4-6-17)20(26)24-14-16-7-11-25(12-8-16)19-18(13-21)22-9-10-23-19/h2-6,9-10,15-16H,7-8,11-12,14H2,1H3,(H,24,26). The molecule has 2 heterocycles. The molecule has 0 radical (unpaired) electrons. The van der Waals surface area contributed by atoms with Gasteiger partial charge in [-0.2, -0.15) is 5.26 Å². The zero-order chi connectivity index (χ0) is 19.1. The maximum absolute atomic E-state index is 12.3. The van der Waals surface area contributed by atoms with Crippen molar-refractivity contribution < 1.29 is 9.53 Å². The summed E-state index contributed by atoms with van der Waals surface area (Å²) in [5.74, 6) is 1.62. The lowest BCUT2D eigenvalue weighted by atomic mass is 9.96. The highest BCUT2D eigenvalue weighted by Gasteiger charge is 2.23. The molecule has 1 aromatic carbocycles. The van der Waals surface area contributed by atoms with E-state index in [0.717, 1.165) is 25.9 Å². The fourth-order valence-electron chi connectivity index (χ4n) is 3.14. The third-order valence-electron chi connectivity index (χ3n) is 4.69. The maximum Gasteiger partial charge on any atom is 0.260 e. The first kappa shape index (κ1) is 18.6. The minimum absolute atomic E-state index is 0.109. The van der Waals surface area contributed by atoms with Crippen molar-refractivity contribution in [3.63, 3.8) is 0 Å². The van der Waals surface area contributed by atoms with E-state index in [4.69, 9.17) is 10.00 Å². The van der Waals surface area contributed by atoms with E-state index in [2.05, 4.69) is 26.3 Å². The molecule has 0 bridgehead atoms. The Balaban J connectivity index is 1.44. The molecule has 140 valence electrons. The largest absolute Gasteiger partial charge is 0.481 e. The summed E-state index contributed by atoms with van der Waals surface area (Å²) in [6.07, 6.45) is 4.45. The van der Waals surface area contributed by atoms with Gasteiger partial charge in [0.25, 0.3) is 5.91 Å². The van der Waals surface area contributed by atoms with Crippen LogP contribution in [0.15, 0.2) is 42.7 Å². The molecule has 7 heteroatoms. The fraction of sp³-hybridized carbons (Fsp3) is 0.400. The SMILES string of the molecule is CC(Oc1ccccc1)C(=O)NCC1CCN(c2nccnc2C#N)CC1. The lowest BCUT2D eigenvalue weighted by molar-refractivity contribution is -0.127. The van der Waals surface area contributed by atoms with Crippen molar-refractivity contribution in [2.75, 3.05) is 24.5 Å². The van der Waals surface area contributed by atoms with Gasteiger partial charge in [0.2, 0.25) is 0 Å². The molecule has 1 saturated heterocycles. The molecule has 1 amide bonds. The number of hydrogen-bond donors (Lipinski definition) is 1. The van der Waals surface area contributed by atoms with Crippen LogP contribution in [0.25, 0.3) is 0 Å². The lowest BCUT2D eigenvalue weighted by Gasteiger charge is -2.33. The molecule has 0 aliphatic carbocycles. The second-order valence-corrected chi connectivity index (χ2v) is 6.59. The molecule has 1 aliphatic rings. The van der Waals surface area contributed by atoms with E-state index in [-0.39, 0.29) is 5.91 Å². The smallest absolute Gasteiger partial charge is 0.260 e. The van der Waals surface area contributed by atoms with Gasteiger partial charge in [-0.1, -0.05) is 18.2 Å². The predicted octanol–water partition coefficient (Wildman–Crippen LogP) is 2.15. The Morgan fingerprint density at radius 1 is 1.30 bits per heavy atom. The topological polar surface area (TPSA) is 91.1 Å². The Hall–Kier alpha value is -3.14. The molecular formula is C20H23N5O2. The van der Waals surface area contributed by atoms with Gasteiger partial charge < -0.3 is 15.0 Å². The van der Waals surface area contributed by atoms with Gasteiger partial charge in [-0.15, -0.1) is 0 Å². The van der Waals surface area contributed by atoms with Crippen LogP contribution in [-0.2, 0) is 4.79 Å². The zero-order valence-corrected chi connectivity index (χ0v) is 15.3. The number of hydrogen-bond acceptors (Lipinski definition) is 6. The number of piperidine rings is 1. The van der Waals surface area contributed by atoms with Crippen molar-refractivity contribution in [2.24, 2.45) is 5.92 Å². The monoisotopic (exact) mass is 365 g/mol. The molecule has 3 rings (SSSR count). The van der Waals surface area contributed by atoms with Crippen LogP contribution in [0, 0.1) is 17.2 Å². The van der Waals surface area contributed by atoms with Gasteiger partial charge in [-0.3, -0.25) is 4.79 Å². The Morgan fingerprint density at radius 3 is 2.70 bits per heavy atom. The van der Waals surface area contributed by atoms with Crippen LogP contribution in [0.2, 0.25) is 0 Å². The van der Waals surface area contributed by atoms with E-state index >= 15 is 0 Å². The van der Waals surface area contributed by atoms with E-state index < -0.39 is 6.10 Å². The number of ether oxygens (including phenoxy) is 1. The van der Waals surface area contributed by atoms with Crippen LogP contribution < -0.4 is 15.0 Å². The number of anilines is 1. The third kappa shape index (κ3) is 4.94. The molecule has 0 spiro atoms. The van der Waals surface area contributed by atoms with E-state index in [1.54, 1.807) is 13.1 Å². The van der Waals surface area contributed by atoms with Crippen molar-refractivity contribution in [2.45, 2.75) is 25.9 Å². The predicted molar refractivity (Wildman–Crippen MR) is 101 cm³/mol. The summed E-state index contributed by atoms with van der Waals surface area (Å²) in [5, 5.41) is 12.2. The van der Waals surface area contributed by atoms with Crippen molar-refractivity contribution in [3.05, 3.63) is 48.4 Å². The number of carbonyl (C=O) groups excluding carboxylic acids is 1. The van der Waals surface area contributed by atoms with Crippen LogP contribution in [0.5, 0.6) is 5.75 Å². The van der Waals surface area contributed by atoms with Gasteiger partial charge in [-0.25, -0.2) is 9.97 Å². The normalized spacial score (nSPS) is 15.6. The second kappa shape index (κ2) is 8.99. The van der Waals surface area contributed by atoms with Crippen LogP contribution in [-0.4, -0.2) is 41.6 Å². The van der Waals surface area contributed by atoms with E-state index in [1.165, 1.54) is 6.20 Å². The van der Waals surface area contributed by atoms with Gasteiger partial charge in [0.1, 0.15) is 11.8 Å². The molecule has 2 aromatic rings. The van der Waals surface area contributed by atoms with Gasteiger partial charge in [-0.05, 0) is 37.8 Å². The fourth-order valence-corrected chi connectivity index (χ4v) is 3.14. The quantitative estimate of drug-likeness (QED) is 0.843. The Labute approximate surface area is 159 Å². The highest BCUT2D eigenvalue weighted by Crippen LogP contribution is 2.23. The van der Waals surface area contributed by atoms with E-state index in [1.807, 2.05) is 30.3 Å². The van der Waals surface area contributed by atoms with Crippen LogP contribution in [0.4, 0.5) is 5.82 Å². The minimum Gasteiger partial charge on any atom is -0.481 e. The average molecular weight is 365 g/mol. The number of aromatic nitrogens is 2. The molecular weight excluding hydrogens is 342 g/mol. The summed E-state index contributed by atoms with van der Waals surface area (Å²) >= 11 is 0. The summed E-state index contributed by atoms with van der Waals surface area (Å²) in [4.78, 5) is 22.7. The highest BCUT2D eigenvalue weighted by molar-refractivity contribution is 5.80. The number of carbonyl (C=O) groups is 1. The first-order chi connectivity index (χ1) is 13.2. The van der Waals surface area contributed by atoms with Gasteiger partial charge in [0, 0.05) is 32.0 Å². The number of para-hydroxylation sites is 1. The molecule has 1 aliphatic heterocycles. The number of rotatable bonds is 6. The maximum atomic E-state index is 12.3. The zero-order valence-electron chi connectivity index (χ0n) is 15.3. The van der Waals surface area contributed by atoms with Gasteiger partial charge in [0.15, 0.2) is 17.6 Å². The van der Waals surface area contributed by atoms with Crippen LogP contribution in [0.1, 0.15) is 25.5 Å². The molecule has 1 atom stereocenters. The van der Waals surface area contributed by atoms with Gasteiger partial charge in [0.05, 0.1) is 0 Å². The Bertz CT molecular complexity index is 798. The third-order valence-corrected chi connectivity index (χ3v) is 4.69. The van der Waals surface area contributed by atoms with E-state index in [0.29, 0.717) is 29.7 Å². The molecule has 1 fully saturated rings. The molecule has 1 unspecified atom stereocenters. The number of nitrogens with one attached hydrogen (secondary N) is 1. The van der Waals surface area contributed by atoms with Crippen molar-refractivity contribution in [1.82, 2.24) is 15.3 Å². The molecule has 27 heavy (non-hydrogen) atoms.